The summed E-state index contributed by atoms with van der Waals surface area (Å²) in [5.74, 6) is -0.242. The zero-order valence-electron chi connectivity index (χ0n) is 19.0. The van der Waals surface area contributed by atoms with Crippen LogP contribution in [0.2, 0.25) is 0 Å². The van der Waals surface area contributed by atoms with Crippen LogP contribution in [0.1, 0.15) is 25.3 Å². The molecule has 180 valence electrons. The molecule has 2 atom stereocenters. The zero-order valence-corrected chi connectivity index (χ0v) is 19.8. The summed E-state index contributed by atoms with van der Waals surface area (Å²) in [6, 6.07) is 12.7. The molecule has 1 saturated heterocycles. The second-order valence-electron chi connectivity index (χ2n) is 7.99. The quantitative estimate of drug-likeness (QED) is 0.508. The maximum Gasteiger partial charge on any atom is 0.325 e. The van der Waals surface area contributed by atoms with Crippen molar-refractivity contribution >= 4 is 15.8 Å². The Morgan fingerprint density at radius 3 is 2.36 bits per heavy atom. The van der Waals surface area contributed by atoms with E-state index in [1.54, 1.807) is 31.2 Å². The van der Waals surface area contributed by atoms with Gasteiger partial charge in [-0.3, -0.25) is 4.79 Å². The lowest BCUT2D eigenvalue weighted by Crippen LogP contribution is -2.48. The van der Waals surface area contributed by atoms with Crippen LogP contribution in [0.25, 0.3) is 0 Å². The van der Waals surface area contributed by atoms with E-state index in [4.69, 9.17) is 14.2 Å². The van der Waals surface area contributed by atoms with Gasteiger partial charge in [0, 0.05) is 25.9 Å². The molecule has 1 aliphatic rings. The van der Waals surface area contributed by atoms with Gasteiger partial charge in [0.2, 0.25) is 0 Å². The van der Waals surface area contributed by atoms with E-state index in [0.717, 1.165) is 19.5 Å². The van der Waals surface area contributed by atoms with E-state index >= 15 is 0 Å². The first-order valence-corrected chi connectivity index (χ1v) is 12.5. The Hall–Kier alpha value is -2.62. The number of ether oxygens (including phenoxy) is 3. The van der Waals surface area contributed by atoms with Gasteiger partial charge in [0.05, 0.1) is 31.3 Å². The number of carboxylic acid groups (broad SMARTS) is 1. The molecule has 1 heterocycles. The lowest BCUT2D eigenvalue weighted by molar-refractivity contribution is -0.140. The van der Waals surface area contributed by atoms with Gasteiger partial charge in [-0.05, 0) is 48.4 Å². The van der Waals surface area contributed by atoms with E-state index in [-0.39, 0.29) is 23.8 Å². The van der Waals surface area contributed by atoms with Crippen molar-refractivity contribution in [2.24, 2.45) is 0 Å². The minimum Gasteiger partial charge on any atom is -0.497 e. The number of aliphatic carboxylic acids is 1. The van der Waals surface area contributed by atoms with Gasteiger partial charge < -0.3 is 24.6 Å². The van der Waals surface area contributed by atoms with E-state index < -0.39 is 20.6 Å². The summed E-state index contributed by atoms with van der Waals surface area (Å²) in [5.41, 5.74) is 0.600. The third-order valence-electron chi connectivity index (χ3n) is 5.97. The van der Waals surface area contributed by atoms with Crippen LogP contribution in [0.4, 0.5) is 0 Å². The Kier molecular flexibility index (Phi) is 8.34. The van der Waals surface area contributed by atoms with E-state index in [0.29, 0.717) is 30.3 Å². The summed E-state index contributed by atoms with van der Waals surface area (Å²) in [6.45, 7) is 4.43. The van der Waals surface area contributed by atoms with Crippen molar-refractivity contribution in [3.8, 4) is 11.5 Å². The van der Waals surface area contributed by atoms with E-state index in [2.05, 4.69) is 5.32 Å². The van der Waals surface area contributed by atoms with Gasteiger partial charge in [0.1, 0.15) is 11.5 Å². The Labute approximate surface area is 194 Å². The number of methoxy groups -OCH3 is 1. The predicted octanol–water partition coefficient (Wildman–Crippen LogP) is 2.70. The number of nitrogens with one attached hydrogen (secondary N) is 1. The van der Waals surface area contributed by atoms with Crippen molar-refractivity contribution in [3.05, 3.63) is 54.1 Å². The van der Waals surface area contributed by atoms with Gasteiger partial charge in [0.25, 0.3) is 0 Å². The van der Waals surface area contributed by atoms with E-state index in [1.807, 2.05) is 0 Å². The van der Waals surface area contributed by atoms with Crippen molar-refractivity contribution in [1.29, 1.82) is 0 Å². The summed E-state index contributed by atoms with van der Waals surface area (Å²) in [6.07, 6.45) is 0.647. The lowest BCUT2D eigenvalue weighted by atomic mass is 9.96. The molecule has 0 saturated carbocycles. The highest BCUT2D eigenvalue weighted by molar-refractivity contribution is 7.93. The molecule has 0 bridgehead atoms. The number of benzene rings is 2. The van der Waals surface area contributed by atoms with Crippen LogP contribution in [0.3, 0.4) is 0 Å². The second-order valence-corrected chi connectivity index (χ2v) is 10.2. The van der Waals surface area contributed by atoms with Gasteiger partial charge >= 0.3 is 5.97 Å². The summed E-state index contributed by atoms with van der Waals surface area (Å²) in [4.78, 5) is 12.3. The number of sulfone groups is 1. The maximum atomic E-state index is 13.4. The van der Waals surface area contributed by atoms with Crippen molar-refractivity contribution in [2.75, 3.05) is 33.4 Å². The van der Waals surface area contributed by atoms with E-state index in [1.165, 1.54) is 31.4 Å². The van der Waals surface area contributed by atoms with Gasteiger partial charge in [0.15, 0.2) is 14.6 Å². The van der Waals surface area contributed by atoms with Gasteiger partial charge in [-0.15, -0.1) is 0 Å². The topological polar surface area (TPSA) is 111 Å². The second kappa shape index (κ2) is 11.0. The molecular weight excluding hydrogens is 446 g/mol. The van der Waals surface area contributed by atoms with Crippen molar-refractivity contribution in [2.45, 2.75) is 41.9 Å². The molecule has 8 nitrogen and oxygen atoms in total. The lowest BCUT2D eigenvalue weighted by Gasteiger charge is -2.28. The Morgan fingerprint density at radius 1 is 1.15 bits per heavy atom. The molecule has 3 rings (SSSR count). The van der Waals surface area contributed by atoms with Crippen molar-refractivity contribution in [3.63, 3.8) is 0 Å². The third-order valence-corrected chi connectivity index (χ3v) is 8.50. The van der Waals surface area contributed by atoms with Crippen LogP contribution in [0, 0.1) is 0 Å². The Bertz CT molecular complexity index is 1020. The van der Waals surface area contributed by atoms with E-state index in [9.17, 15) is 18.3 Å². The predicted molar refractivity (Wildman–Crippen MR) is 124 cm³/mol. The van der Waals surface area contributed by atoms with Crippen molar-refractivity contribution < 1.29 is 32.5 Å². The molecule has 0 radical (unpaired) electrons. The fraction of sp³-hybridized carbons (Fsp3) is 0.458. The standard InChI is InChI=1S/C24H31NO7S/c1-3-24(23(26)27,33(28,29)22-10-8-19(30-2)9-11-22)16-18-4-6-20(7-5-18)31-14-12-21-17-25-13-15-32-21/h4-11,21,25H,3,12-17H2,1-2H3,(H,26,27). The average molecular weight is 478 g/mol. The van der Waals surface area contributed by atoms with Gasteiger partial charge in [-0.25, -0.2) is 8.42 Å². The summed E-state index contributed by atoms with van der Waals surface area (Å²) in [7, 11) is -2.70. The maximum absolute atomic E-state index is 13.4. The van der Waals surface area contributed by atoms with Crippen LogP contribution >= 0.6 is 0 Å². The first kappa shape index (κ1) is 25.0. The number of rotatable bonds is 11. The molecule has 2 unspecified atom stereocenters. The first-order chi connectivity index (χ1) is 15.8. The molecule has 0 aromatic heterocycles. The molecule has 2 N–H and O–H groups in total. The summed E-state index contributed by atoms with van der Waals surface area (Å²) < 4.78 is 41.4. The minimum atomic E-state index is -4.18. The molecular formula is C24H31NO7S. The van der Waals surface area contributed by atoms with Crippen LogP contribution in [-0.4, -0.2) is 63.8 Å². The normalized spacial score (nSPS) is 18.3. The van der Waals surface area contributed by atoms with Crippen LogP contribution in [0.15, 0.2) is 53.4 Å². The van der Waals surface area contributed by atoms with Gasteiger partial charge in [-0.1, -0.05) is 19.1 Å². The monoisotopic (exact) mass is 477 g/mol. The highest BCUT2D eigenvalue weighted by Crippen LogP contribution is 2.34. The van der Waals surface area contributed by atoms with Crippen molar-refractivity contribution in [1.82, 2.24) is 5.32 Å². The minimum absolute atomic E-state index is 0.0491. The van der Waals surface area contributed by atoms with Crippen LogP contribution < -0.4 is 14.8 Å². The highest BCUT2D eigenvalue weighted by atomic mass is 32.2. The first-order valence-electron chi connectivity index (χ1n) is 11.0. The summed E-state index contributed by atoms with van der Waals surface area (Å²) >= 11 is 0. The Balaban J connectivity index is 1.73. The molecule has 9 heteroatoms. The molecule has 0 spiro atoms. The van der Waals surface area contributed by atoms with Gasteiger partial charge in [-0.2, -0.15) is 0 Å². The molecule has 0 amide bonds. The number of carbonyl (C=O) groups is 1. The number of morpholine rings is 1. The molecule has 33 heavy (non-hydrogen) atoms. The third kappa shape index (κ3) is 5.66. The SMILES string of the molecule is CCC(Cc1ccc(OCCC2CNCCO2)cc1)(C(=O)O)S(=O)(=O)c1ccc(OC)cc1. The average Bonchev–Trinajstić information content (AvgIpc) is 2.84. The van der Waals surface area contributed by atoms with Crippen LogP contribution in [-0.2, 0) is 25.8 Å². The molecule has 1 fully saturated rings. The van der Waals surface area contributed by atoms with Crippen LogP contribution in [0.5, 0.6) is 11.5 Å². The Morgan fingerprint density at radius 2 is 1.82 bits per heavy atom. The number of carboxylic acids is 1. The smallest absolute Gasteiger partial charge is 0.325 e. The largest absolute Gasteiger partial charge is 0.497 e. The molecule has 0 aliphatic carbocycles. The highest BCUT2D eigenvalue weighted by Gasteiger charge is 2.50. The molecule has 2 aromatic rings. The molecule has 2 aromatic carbocycles. The fourth-order valence-electron chi connectivity index (χ4n) is 3.88. The fourth-order valence-corrected chi connectivity index (χ4v) is 5.79. The summed E-state index contributed by atoms with van der Waals surface area (Å²) in [5, 5.41) is 13.3. The molecule has 1 aliphatic heterocycles. The number of hydrogen-bond donors (Lipinski definition) is 2. The zero-order chi connectivity index (χ0) is 23.9. The number of hydrogen-bond acceptors (Lipinski definition) is 7.